The Morgan fingerprint density at radius 3 is 2.72 bits per heavy atom. The van der Waals surface area contributed by atoms with Gasteiger partial charge in [0.05, 0.1) is 0 Å². The van der Waals surface area contributed by atoms with E-state index in [0.29, 0.717) is 6.54 Å². The molecule has 1 aromatic heterocycles. The molecule has 1 aliphatic heterocycles. The summed E-state index contributed by atoms with van der Waals surface area (Å²) in [5.41, 5.74) is 1.02. The number of amides is 1. The lowest BCUT2D eigenvalue weighted by Gasteiger charge is -2.32. The third-order valence-corrected chi connectivity index (χ3v) is 3.70. The van der Waals surface area contributed by atoms with Crippen LogP contribution in [0.15, 0.2) is 24.5 Å². The van der Waals surface area contributed by atoms with Crippen LogP contribution in [0.4, 0.5) is 0 Å². The van der Waals surface area contributed by atoms with Crippen molar-refractivity contribution in [1.82, 2.24) is 15.6 Å². The van der Waals surface area contributed by atoms with E-state index in [9.17, 15) is 4.79 Å². The normalized spacial score (nSPS) is 18.3. The van der Waals surface area contributed by atoms with Crippen molar-refractivity contribution >= 4 is 5.91 Å². The van der Waals surface area contributed by atoms with Crippen molar-refractivity contribution in [3.63, 3.8) is 0 Å². The first-order valence-corrected chi connectivity index (χ1v) is 6.59. The van der Waals surface area contributed by atoms with Crippen LogP contribution >= 0.6 is 0 Å². The number of pyridine rings is 1. The van der Waals surface area contributed by atoms with Gasteiger partial charge in [-0.1, -0.05) is 6.92 Å². The second kappa shape index (κ2) is 5.96. The summed E-state index contributed by atoms with van der Waals surface area (Å²) in [7, 11) is 0. The van der Waals surface area contributed by atoms with Crippen LogP contribution in [0.2, 0.25) is 0 Å². The van der Waals surface area contributed by atoms with Gasteiger partial charge in [0.15, 0.2) is 0 Å². The Morgan fingerprint density at radius 1 is 1.39 bits per heavy atom. The zero-order valence-electron chi connectivity index (χ0n) is 10.9. The lowest BCUT2D eigenvalue weighted by molar-refractivity contribution is -0.131. The topological polar surface area (TPSA) is 54.0 Å². The van der Waals surface area contributed by atoms with Crippen LogP contribution in [-0.4, -0.2) is 30.5 Å². The molecule has 2 N–H and O–H groups in total. The minimum absolute atomic E-state index is 0.191. The molecule has 1 aromatic rings. The first-order valence-electron chi connectivity index (χ1n) is 6.59. The maximum Gasteiger partial charge on any atom is 0.226 e. The third kappa shape index (κ3) is 3.29. The predicted molar refractivity (Wildman–Crippen MR) is 71.2 cm³/mol. The monoisotopic (exact) mass is 247 g/mol. The molecule has 0 aliphatic carbocycles. The summed E-state index contributed by atoms with van der Waals surface area (Å²) in [6.07, 6.45) is 6.28. The molecule has 0 bridgehead atoms. The van der Waals surface area contributed by atoms with E-state index >= 15 is 0 Å². The molecule has 98 valence electrons. The van der Waals surface area contributed by atoms with E-state index in [1.165, 1.54) is 5.56 Å². The number of hydrogen-bond acceptors (Lipinski definition) is 3. The van der Waals surface area contributed by atoms with Gasteiger partial charge in [-0.2, -0.15) is 0 Å². The number of carbonyl (C=O) groups excluding carboxylic acids is 1. The van der Waals surface area contributed by atoms with Gasteiger partial charge in [-0.25, -0.2) is 0 Å². The quantitative estimate of drug-likeness (QED) is 0.838. The number of hydrogen-bond donors (Lipinski definition) is 2. The van der Waals surface area contributed by atoms with Crippen molar-refractivity contribution in [3.8, 4) is 0 Å². The van der Waals surface area contributed by atoms with E-state index in [2.05, 4.69) is 22.5 Å². The van der Waals surface area contributed by atoms with Crippen LogP contribution in [0.5, 0.6) is 0 Å². The lowest BCUT2D eigenvalue weighted by atomic mass is 9.80. The van der Waals surface area contributed by atoms with Crippen LogP contribution < -0.4 is 10.6 Å². The summed E-state index contributed by atoms with van der Waals surface area (Å²) in [5.74, 6) is 0.193. The van der Waals surface area contributed by atoms with E-state index in [1.54, 1.807) is 12.4 Å². The van der Waals surface area contributed by atoms with Gasteiger partial charge in [-0.05, 0) is 50.0 Å². The Bertz CT molecular complexity index is 385. The highest BCUT2D eigenvalue weighted by atomic mass is 16.2. The Balaban J connectivity index is 1.78. The van der Waals surface area contributed by atoms with E-state index < -0.39 is 0 Å². The highest BCUT2D eigenvalue weighted by Crippen LogP contribution is 2.27. The summed E-state index contributed by atoms with van der Waals surface area (Å²) in [6.45, 7) is 4.64. The molecular weight excluding hydrogens is 226 g/mol. The number of carbonyl (C=O) groups is 1. The first-order chi connectivity index (χ1) is 8.71. The molecule has 1 amide bonds. The molecule has 0 radical (unpaired) electrons. The van der Waals surface area contributed by atoms with Gasteiger partial charge < -0.3 is 10.6 Å². The fourth-order valence-corrected chi connectivity index (χ4v) is 2.29. The molecule has 4 heteroatoms. The van der Waals surface area contributed by atoms with E-state index in [4.69, 9.17) is 0 Å². The van der Waals surface area contributed by atoms with Gasteiger partial charge in [-0.15, -0.1) is 0 Å². The lowest BCUT2D eigenvalue weighted by Crippen LogP contribution is -2.46. The number of rotatable bonds is 4. The number of piperidine rings is 1. The summed E-state index contributed by atoms with van der Waals surface area (Å²) in [5, 5.41) is 6.34. The van der Waals surface area contributed by atoms with Crippen LogP contribution in [0.3, 0.4) is 0 Å². The molecule has 1 fully saturated rings. The number of aromatic nitrogens is 1. The molecule has 0 aromatic carbocycles. The van der Waals surface area contributed by atoms with Gasteiger partial charge in [0, 0.05) is 24.4 Å². The van der Waals surface area contributed by atoms with Gasteiger partial charge in [-0.3, -0.25) is 9.78 Å². The van der Waals surface area contributed by atoms with Crippen molar-refractivity contribution in [2.24, 2.45) is 5.41 Å². The molecule has 0 unspecified atom stereocenters. The summed E-state index contributed by atoms with van der Waals surface area (Å²) in [4.78, 5) is 16.1. The van der Waals surface area contributed by atoms with Gasteiger partial charge in [0.25, 0.3) is 0 Å². The second-order valence-electron chi connectivity index (χ2n) is 5.17. The molecule has 0 spiro atoms. The molecule has 2 heterocycles. The van der Waals surface area contributed by atoms with E-state index in [1.807, 2.05) is 12.1 Å². The Morgan fingerprint density at radius 2 is 2.06 bits per heavy atom. The fourth-order valence-electron chi connectivity index (χ4n) is 2.29. The molecule has 18 heavy (non-hydrogen) atoms. The van der Waals surface area contributed by atoms with Crippen LogP contribution in [0.25, 0.3) is 0 Å². The van der Waals surface area contributed by atoms with Crippen molar-refractivity contribution in [2.45, 2.75) is 26.2 Å². The molecule has 2 rings (SSSR count). The average molecular weight is 247 g/mol. The Labute approximate surface area is 108 Å². The molecule has 0 saturated carbocycles. The summed E-state index contributed by atoms with van der Waals surface area (Å²) in [6, 6.07) is 3.97. The third-order valence-electron chi connectivity index (χ3n) is 3.70. The Hall–Kier alpha value is -1.42. The molecular formula is C14H21N3O. The Kier molecular flexibility index (Phi) is 4.31. The number of nitrogens with one attached hydrogen (secondary N) is 2. The van der Waals surface area contributed by atoms with Gasteiger partial charge >= 0.3 is 0 Å². The van der Waals surface area contributed by atoms with Gasteiger partial charge in [0.2, 0.25) is 5.91 Å². The fraction of sp³-hybridized carbons (Fsp3) is 0.571. The second-order valence-corrected chi connectivity index (χ2v) is 5.17. The van der Waals surface area contributed by atoms with E-state index in [0.717, 1.165) is 32.4 Å². The van der Waals surface area contributed by atoms with Crippen LogP contribution in [0, 0.1) is 5.41 Å². The van der Waals surface area contributed by atoms with E-state index in [-0.39, 0.29) is 11.3 Å². The minimum Gasteiger partial charge on any atom is -0.355 e. The molecule has 1 saturated heterocycles. The molecule has 1 aliphatic rings. The zero-order chi connectivity index (χ0) is 12.8. The molecule has 4 nitrogen and oxygen atoms in total. The van der Waals surface area contributed by atoms with Crippen LogP contribution in [0.1, 0.15) is 25.3 Å². The van der Waals surface area contributed by atoms with Crippen molar-refractivity contribution in [1.29, 1.82) is 0 Å². The smallest absolute Gasteiger partial charge is 0.226 e. The maximum atomic E-state index is 12.2. The highest BCUT2D eigenvalue weighted by Gasteiger charge is 2.33. The van der Waals surface area contributed by atoms with Crippen molar-refractivity contribution < 1.29 is 4.79 Å². The summed E-state index contributed by atoms with van der Waals surface area (Å²) < 4.78 is 0. The van der Waals surface area contributed by atoms with Crippen molar-refractivity contribution in [3.05, 3.63) is 30.1 Å². The van der Waals surface area contributed by atoms with Gasteiger partial charge in [0.1, 0.15) is 0 Å². The molecule has 0 atom stereocenters. The van der Waals surface area contributed by atoms with Crippen molar-refractivity contribution in [2.75, 3.05) is 19.6 Å². The average Bonchev–Trinajstić information content (AvgIpc) is 2.41. The van der Waals surface area contributed by atoms with Crippen LogP contribution in [-0.2, 0) is 11.2 Å². The largest absolute Gasteiger partial charge is 0.355 e. The number of nitrogens with zero attached hydrogens (tertiary/aromatic N) is 1. The first kappa shape index (κ1) is 13.0. The predicted octanol–water partition coefficient (Wildman–Crippen LogP) is 1.13. The maximum absolute atomic E-state index is 12.2. The standard InChI is InChI=1S/C14H21N3O/c1-14(5-10-16-11-6-14)13(18)17-9-4-12-2-7-15-8-3-12/h2-3,7-8,16H,4-6,9-11H2,1H3,(H,17,18). The zero-order valence-corrected chi connectivity index (χ0v) is 10.9. The SMILES string of the molecule is CC1(C(=O)NCCc2ccncc2)CCNCC1. The summed E-state index contributed by atoms with van der Waals surface area (Å²) >= 11 is 0. The highest BCUT2D eigenvalue weighted by molar-refractivity contribution is 5.82. The minimum atomic E-state index is -0.191.